The topological polar surface area (TPSA) is 57.6 Å². The number of aliphatic hydroxyl groups is 1. The average molecular weight is 336 g/mol. The van der Waals surface area contributed by atoms with E-state index >= 15 is 0 Å². The van der Waals surface area contributed by atoms with Gasteiger partial charge in [0.25, 0.3) is 0 Å². The number of sulfone groups is 1. The molecular formula is C12H18BrNO3S. The fourth-order valence-electron chi connectivity index (χ4n) is 1.58. The first-order valence-corrected chi connectivity index (χ1v) is 8.25. The molecule has 0 saturated heterocycles. The predicted octanol–water partition coefficient (Wildman–Crippen LogP) is 1.54. The van der Waals surface area contributed by atoms with E-state index in [4.69, 9.17) is 5.11 Å². The molecule has 1 aromatic rings. The molecule has 102 valence electrons. The van der Waals surface area contributed by atoms with Gasteiger partial charge in [0.05, 0.1) is 17.3 Å². The van der Waals surface area contributed by atoms with E-state index in [0.29, 0.717) is 18.0 Å². The molecule has 18 heavy (non-hydrogen) atoms. The second-order valence-electron chi connectivity index (χ2n) is 3.93. The van der Waals surface area contributed by atoms with E-state index in [0.717, 1.165) is 11.0 Å². The maximum absolute atomic E-state index is 12.1. The Bertz CT molecular complexity index is 459. The van der Waals surface area contributed by atoms with Crippen molar-refractivity contribution in [3.63, 3.8) is 0 Å². The third-order valence-electron chi connectivity index (χ3n) is 2.71. The average Bonchev–Trinajstić information content (AvgIpc) is 2.35. The smallest absolute Gasteiger partial charge is 0.179 e. The van der Waals surface area contributed by atoms with Crippen LogP contribution in [0.3, 0.4) is 0 Å². The first-order valence-electron chi connectivity index (χ1n) is 5.81. The number of nitrogens with zero attached hydrogens (tertiary/aromatic N) is 1. The summed E-state index contributed by atoms with van der Waals surface area (Å²) in [6.45, 7) is 3.67. The van der Waals surface area contributed by atoms with E-state index in [1.54, 1.807) is 24.3 Å². The first kappa shape index (κ1) is 15.6. The molecule has 0 fully saturated rings. The Labute approximate surface area is 117 Å². The molecule has 6 heteroatoms. The highest BCUT2D eigenvalue weighted by molar-refractivity contribution is 9.10. The van der Waals surface area contributed by atoms with Gasteiger partial charge in [0.1, 0.15) is 0 Å². The van der Waals surface area contributed by atoms with Crippen LogP contribution in [-0.2, 0) is 9.84 Å². The SMILES string of the molecule is CCN(CCO)CCS(=O)(=O)c1ccc(Br)cc1. The van der Waals surface area contributed by atoms with Crippen molar-refractivity contribution in [3.8, 4) is 0 Å². The minimum Gasteiger partial charge on any atom is -0.395 e. The second kappa shape index (κ2) is 7.23. The number of aliphatic hydroxyl groups excluding tert-OH is 1. The minimum absolute atomic E-state index is 0.0478. The minimum atomic E-state index is -3.24. The molecule has 1 rings (SSSR count). The lowest BCUT2D eigenvalue weighted by Gasteiger charge is -2.18. The quantitative estimate of drug-likeness (QED) is 0.821. The Morgan fingerprint density at radius 2 is 1.83 bits per heavy atom. The van der Waals surface area contributed by atoms with Crippen molar-refractivity contribution in [2.24, 2.45) is 0 Å². The molecule has 4 nitrogen and oxygen atoms in total. The van der Waals surface area contributed by atoms with E-state index in [-0.39, 0.29) is 12.4 Å². The zero-order valence-electron chi connectivity index (χ0n) is 10.3. The van der Waals surface area contributed by atoms with Gasteiger partial charge in [0.15, 0.2) is 9.84 Å². The van der Waals surface area contributed by atoms with Gasteiger partial charge in [0, 0.05) is 17.6 Å². The molecule has 0 radical (unpaired) electrons. The van der Waals surface area contributed by atoms with Crippen LogP contribution in [0.1, 0.15) is 6.92 Å². The molecule has 0 spiro atoms. The molecule has 1 N–H and O–H groups in total. The number of benzene rings is 1. The van der Waals surface area contributed by atoms with Gasteiger partial charge in [-0.1, -0.05) is 22.9 Å². The van der Waals surface area contributed by atoms with E-state index in [1.165, 1.54) is 0 Å². The highest BCUT2D eigenvalue weighted by Gasteiger charge is 2.15. The Morgan fingerprint density at radius 3 is 2.33 bits per heavy atom. The van der Waals surface area contributed by atoms with Crippen LogP contribution in [0, 0.1) is 0 Å². The number of halogens is 1. The van der Waals surface area contributed by atoms with Gasteiger partial charge in [0.2, 0.25) is 0 Å². The first-order chi connectivity index (χ1) is 8.49. The predicted molar refractivity (Wildman–Crippen MR) is 75.4 cm³/mol. The molecule has 0 saturated carbocycles. The van der Waals surface area contributed by atoms with E-state index in [2.05, 4.69) is 15.9 Å². The number of rotatable bonds is 7. The summed E-state index contributed by atoms with van der Waals surface area (Å²) < 4.78 is 25.0. The van der Waals surface area contributed by atoms with Crippen LogP contribution in [0.15, 0.2) is 33.6 Å². The molecule has 0 aliphatic rings. The van der Waals surface area contributed by atoms with Crippen molar-refractivity contribution in [2.75, 3.05) is 32.0 Å². The molecule has 0 bridgehead atoms. The van der Waals surface area contributed by atoms with E-state index in [1.807, 2.05) is 11.8 Å². The zero-order valence-corrected chi connectivity index (χ0v) is 12.7. The number of hydrogen-bond acceptors (Lipinski definition) is 4. The van der Waals surface area contributed by atoms with Crippen LogP contribution < -0.4 is 0 Å². The van der Waals surface area contributed by atoms with Gasteiger partial charge in [-0.25, -0.2) is 8.42 Å². The van der Waals surface area contributed by atoms with Crippen molar-refractivity contribution in [2.45, 2.75) is 11.8 Å². The standard InChI is InChI=1S/C12H18BrNO3S/c1-2-14(7-9-15)8-10-18(16,17)12-5-3-11(13)4-6-12/h3-6,15H,2,7-10H2,1H3. The van der Waals surface area contributed by atoms with Crippen molar-refractivity contribution in [1.82, 2.24) is 4.90 Å². The Balaban J connectivity index is 2.67. The van der Waals surface area contributed by atoms with Crippen molar-refractivity contribution in [3.05, 3.63) is 28.7 Å². The molecule has 0 aliphatic heterocycles. The fourth-order valence-corrected chi connectivity index (χ4v) is 3.13. The number of hydrogen-bond donors (Lipinski definition) is 1. The third-order valence-corrected chi connectivity index (χ3v) is 4.95. The van der Waals surface area contributed by atoms with Crippen molar-refractivity contribution in [1.29, 1.82) is 0 Å². The summed E-state index contributed by atoms with van der Waals surface area (Å²) in [6, 6.07) is 6.64. The van der Waals surface area contributed by atoms with Crippen LogP contribution in [0.4, 0.5) is 0 Å². The van der Waals surface area contributed by atoms with Crippen LogP contribution in [-0.4, -0.2) is 50.4 Å². The summed E-state index contributed by atoms with van der Waals surface area (Å²) in [4.78, 5) is 2.25. The van der Waals surface area contributed by atoms with Gasteiger partial charge in [-0.2, -0.15) is 0 Å². The second-order valence-corrected chi connectivity index (χ2v) is 6.96. The maximum atomic E-state index is 12.1. The maximum Gasteiger partial charge on any atom is 0.179 e. The number of likely N-dealkylation sites (N-methyl/N-ethyl adjacent to an activating group) is 1. The monoisotopic (exact) mass is 335 g/mol. The zero-order chi connectivity index (χ0) is 13.6. The largest absolute Gasteiger partial charge is 0.395 e. The van der Waals surface area contributed by atoms with E-state index < -0.39 is 9.84 Å². The van der Waals surface area contributed by atoms with Crippen LogP contribution >= 0.6 is 15.9 Å². The van der Waals surface area contributed by atoms with Crippen LogP contribution in [0.5, 0.6) is 0 Å². The van der Waals surface area contributed by atoms with Gasteiger partial charge in [-0.3, -0.25) is 0 Å². The summed E-state index contributed by atoms with van der Waals surface area (Å²) >= 11 is 3.28. The van der Waals surface area contributed by atoms with Gasteiger partial charge < -0.3 is 10.0 Å². The van der Waals surface area contributed by atoms with Gasteiger partial charge in [-0.15, -0.1) is 0 Å². The Hall–Kier alpha value is -0.430. The lowest BCUT2D eigenvalue weighted by molar-refractivity contribution is 0.209. The molecule has 0 aliphatic carbocycles. The van der Waals surface area contributed by atoms with Crippen LogP contribution in [0.2, 0.25) is 0 Å². The molecule has 0 unspecified atom stereocenters. The Morgan fingerprint density at radius 1 is 1.22 bits per heavy atom. The van der Waals surface area contributed by atoms with Crippen LogP contribution in [0.25, 0.3) is 0 Å². The van der Waals surface area contributed by atoms with Gasteiger partial charge >= 0.3 is 0 Å². The summed E-state index contributed by atoms with van der Waals surface area (Å²) in [7, 11) is -3.24. The summed E-state index contributed by atoms with van der Waals surface area (Å²) in [5.74, 6) is 0.0719. The molecule has 0 heterocycles. The highest BCUT2D eigenvalue weighted by atomic mass is 79.9. The summed E-state index contributed by atoms with van der Waals surface area (Å²) in [6.07, 6.45) is 0. The van der Waals surface area contributed by atoms with Crippen molar-refractivity contribution < 1.29 is 13.5 Å². The van der Waals surface area contributed by atoms with Gasteiger partial charge in [-0.05, 0) is 30.8 Å². The molecule has 0 aromatic heterocycles. The lowest BCUT2D eigenvalue weighted by Crippen LogP contribution is -2.31. The highest BCUT2D eigenvalue weighted by Crippen LogP contribution is 2.16. The van der Waals surface area contributed by atoms with E-state index in [9.17, 15) is 8.42 Å². The fraction of sp³-hybridized carbons (Fsp3) is 0.500. The summed E-state index contributed by atoms with van der Waals surface area (Å²) in [5, 5.41) is 8.85. The lowest BCUT2D eigenvalue weighted by atomic mass is 10.4. The molecule has 1 aromatic carbocycles. The normalized spacial score (nSPS) is 12.0. The Kier molecular flexibility index (Phi) is 6.28. The third kappa shape index (κ3) is 4.68. The molecule has 0 atom stereocenters. The van der Waals surface area contributed by atoms with Crippen molar-refractivity contribution >= 4 is 25.8 Å². The molecule has 0 amide bonds. The summed E-state index contributed by atoms with van der Waals surface area (Å²) in [5.41, 5.74) is 0. The molecular weight excluding hydrogens is 318 g/mol.